The highest BCUT2D eigenvalue weighted by Gasteiger charge is 2.07. The van der Waals surface area contributed by atoms with E-state index in [4.69, 9.17) is 0 Å². The second kappa shape index (κ2) is 4.11. The third-order valence-electron chi connectivity index (χ3n) is 1.59. The largest absolute Gasteiger partial charge is 0.305 e. The van der Waals surface area contributed by atoms with Crippen molar-refractivity contribution in [3.8, 4) is 10.7 Å². The molecule has 0 saturated heterocycles. The van der Waals surface area contributed by atoms with Crippen LogP contribution in [-0.2, 0) is 0 Å². The zero-order valence-corrected chi connectivity index (χ0v) is 11.3. The quantitative estimate of drug-likeness (QED) is 0.771. The molecule has 2 heterocycles. The van der Waals surface area contributed by atoms with Crippen molar-refractivity contribution in [2.75, 3.05) is 0 Å². The summed E-state index contributed by atoms with van der Waals surface area (Å²) in [6, 6.07) is 1.93. The van der Waals surface area contributed by atoms with Crippen molar-refractivity contribution in [3.63, 3.8) is 0 Å². The minimum absolute atomic E-state index is 0.101. The summed E-state index contributed by atoms with van der Waals surface area (Å²) < 4.78 is 1.55. The molecule has 6 heteroatoms. The zero-order valence-electron chi connectivity index (χ0n) is 6.75. The Kier molecular flexibility index (Phi) is 3.03. The monoisotopic (exact) mass is 382 g/mol. The Hall–Kier alpha value is -0.210. The average Bonchev–Trinajstić information content (AvgIpc) is 2.57. The van der Waals surface area contributed by atoms with Crippen LogP contribution in [0.15, 0.2) is 26.9 Å². The number of nitrogens with zero attached hydrogens (tertiary/aromatic N) is 1. The van der Waals surface area contributed by atoms with Gasteiger partial charge in [-0.25, -0.2) is 4.98 Å². The van der Waals surface area contributed by atoms with Crippen molar-refractivity contribution in [2.24, 2.45) is 0 Å². The maximum Gasteiger partial charge on any atom is 0.264 e. The predicted octanol–water partition coefficient (Wildman–Crippen LogP) is 2.87. The van der Waals surface area contributed by atoms with Crippen molar-refractivity contribution in [1.82, 2.24) is 9.97 Å². The molecule has 0 spiro atoms. The molecule has 14 heavy (non-hydrogen) atoms. The molecule has 3 nitrogen and oxygen atoms in total. The molecular formula is C8H4BrIN2OS. The minimum Gasteiger partial charge on any atom is -0.305 e. The number of rotatable bonds is 1. The van der Waals surface area contributed by atoms with Gasteiger partial charge in [-0.2, -0.15) is 0 Å². The third-order valence-corrected chi connectivity index (χ3v) is 4.20. The summed E-state index contributed by atoms with van der Waals surface area (Å²) >= 11 is 6.88. The molecule has 0 unspecified atom stereocenters. The van der Waals surface area contributed by atoms with Crippen LogP contribution in [0.1, 0.15) is 0 Å². The highest BCUT2D eigenvalue weighted by Crippen LogP contribution is 2.30. The summed E-state index contributed by atoms with van der Waals surface area (Å²) in [5, 5.41) is 1.94. The Balaban J connectivity index is 2.59. The molecule has 0 aromatic carbocycles. The first-order valence-corrected chi connectivity index (χ1v) is 6.42. The van der Waals surface area contributed by atoms with E-state index in [1.165, 1.54) is 11.3 Å². The van der Waals surface area contributed by atoms with Gasteiger partial charge in [0.2, 0.25) is 0 Å². The summed E-state index contributed by atoms with van der Waals surface area (Å²) in [6.07, 6.45) is 1.57. The molecule has 0 aliphatic heterocycles. The van der Waals surface area contributed by atoms with Crippen molar-refractivity contribution in [2.45, 2.75) is 0 Å². The smallest absolute Gasteiger partial charge is 0.264 e. The lowest BCUT2D eigenvalue weighted by atomic mass is 10.4. The van der Waals surface area contributed by atoms with E-state index in [0.29, 0.717) is 9.39 Å². The van der Waals surface area contributed by atoms with Gasteiger partial charge >= 0.3 is 0 Å². The SMILES string of the molecule is O=c1[nH]c(-c2sccc2Br)ncc1I. The molecule has 1 N–H and O–H groups in total. The van der Waals surface area contributed by atoms with Gasteiger partial charge in [-0.05, 0) is 50.0 Å². The minimum atomic E-state index is -0.101. The van der Waals surface area contributed by atoms with E-state index in [0.717, 1.165) is 9.35 Å². The first kappa shape index (κ1) is 10.3. The van der Waals surface area contributed by atoms with Crippen LogP contribution in [0, 0.1) is 3.57 Å². The first-order valence-electron chi connectivity index (χ1n) is 3.66. The van der Waals surface area contributed by atoms with Crippen LogP contribution in [0.4, 0.5) is 0 Å². The Morgan fingerprint density at radius 2 is 2.36 bits per heavy atom. The summed E-state index contributed by atoms with van der Waals surface area (Å²) in [7, 11) is 0. The van der Waals surface area contributed by atoms with Gasteiger partial charge in [0.05, 0.1) is 8.45 Å². The standard InChI is InChI=1S/C8H4BrIN2OS/c9-4-1-2-14-6(4)7-11-3-5(10)8(13)12-7/h1-3H,(H,11,12,13). The van der Waals surface area contributed by atoms with Crippen LogP contribution in [-0.4, -0.2) is 9.97 Å². The Morgan fingerprint density at radius 3 is 2.93 bits per heavy atom. The van der Waals surface area contributed by atoms with Gasteiger partial charge in [0.15, 0.2) is 5.82 Å². The fraction of sp³-hybridized carbons (Fsp3) is 0. The normalized spacial score (nSPS) is 10.4. The lowest BCUT2D eigenvalue weighted by Gasteiger charge is -1.97. The molecule has 2 rings (SSSR count). The molecule has 0 saturated carbocycles. The van der Waals surface area contributed by atoms with Gasteiger partial charge in [0.25, 0.3) is 5.56 Å². The molecule has 0 atom stereocenters. The van der Waals surface area contributed by atoms with Crippen LogP contribution in [0.3, 0.4) is 0 Å². The molecule has 0 fully saturated rings. The lowest BCUT2D eigenvalue weighted by Crippen LogP contribution is -2.11. The molecule has 2 aromatic rings. The fourth-order valence-electron chi connectivity index (χ4n) is 0.957. The molecule has 0 bridgehead atoms. The number of aromatic nitrogens is 2. The van der Waals surface area contributed by atoms with Crippen LogP contribution in [0.2, 0.25) is 0 Å². The van der Waals surface area contributed by atoms with Gasteiger partial charge in [-0.1, -0.05) is 0 Å². The molecule has 0 radical (unpaired) electrons. The van der Waals surface area contributed by atoms with E-state index in [9.17, 15) is 4.79 Å². The Labute approximate surface area is 106 Å². The zero-order chi connectivity index (χ0) is 10.1. The predicted molar refractivity (Wildman–Crippen MR) is 68.6 cm³/mol. The van der Waals surface area contributed by atoms with Gasteiger partial charge < -0.3 is 4.98 Å². The van der Waals surface area contributed by atoms with E-state index in [-0.39, 0.29) is 5.56 Å². The number of hydrogen-bond donors (Lipinski definition) is 1. The molecule has 0 aliphatic rings. The van der Waals surface area contributed by atoms with Crippen LogP contribution in [0.25, 0.3) is 10.7 Å². The highest BCUT2D eigenvalue weighted by atomic mass is 127. The summed E-state index contributed by atoms with van der Waals surface area (Å²) in [5.41, 5.74) is -0.101. The van der Waals surface area contributed by atoms with E-state index >= 15 is 0 Å². The van der Waals surface area contributed by atoms with E-state index in [2.05, 4.69) is 25.9 Å². The van der Waals surface area contributed by atoms with E-state index in [1.807, 2.05) is 34.0 Å². The molecule has 0 amide bonds. The third kappa shape index (κ3) is 1.91. The highest BCUT2D eigenvalue weighted by molar-refractivity contribution is 14.1. The number of aromatic amines is 1. The molecular weight excluding hydrogens is 379 g/mol. The van der Waals surface area contributed by atoms with Crippen LogP contribution in [0.5, 0.6) is 0 Å². The van der Waals surface area contributed by atoms with Crippen molar-refractivity contribution >= 4 is 49.9 Å². The second-order valence-corrected chi connectivity index (χ2v) is 5.44. The Morgan fingerprint density at radius 1 is 1.57 bits per heavy atom. The van der Waals surface area contributed by atoms with Crippen LogP contribution < -0.4 is 5.56 Å². The number of halogens is 2. The van der Waals surface area contributed by atoms with Crippen molar-refractivity contribution in [3.05, 3.63) is 36.0 Å². The van der Waals surface area contributed by atoms with Crippen molar-refractivity contribution < 1.29 is 0 Å². The summed E-state index contributed by atoms with van der Waals surface area (Å²) in [4.78, 5) is 19.2. The topological polar surface area (TPSA) is 45.8 Å². The van der Waals surface area contributed by atoms with Gasteiger partial charge in [-0.15, -0.1) is 11.3 Å². The van der Waals surface area contributed by atoms with Crippen molar-refractivity contribution in [1.29, 1.82) is 0 Å². The molecule has 2 aromatic heterocycles. The first-order chi connectivity index (χ1) is 6.68. The van der Waals surface area contributed by atoms with E-state index in [1.54, 1.807) is 6.20 Å². The number of hydrogen-bond acceptors (Lipinski definition) is 3. The Bertz CT molecular complexity index is 522. The fourth-order valence-corrected chi connectivity index (χ4v) is 2.74. The number of nitrogens with one attached hydrogen (secondary N) is 1. The second-order valence-electron chi connectivity index (χ2n) is 2.51. The van der Waals surface area contributed by atoms with Crippen LogP contribution >= 0.6 is 49.9 Å². The average molecular weight is 383 g/mol. The van der Waals surface area contributed by atoms with Gasteiger partial charge in [0.1, 0.15) is 0 Å². The summed E-state index contributed by atoms with van der Waals surface area (Å²) in [6.45, 7) is 0. The molecule has 0 aliphatic carbocycles. The number of thiophene rings is 1. The van der Waals surface area contributed by atoms with Gasteiger partial charge in [0, 0.05) is 10.7 Å². The maximum absolute atomic E-state index is 11.3. The number of H-pyrrole nitrogens is 1. The lowest BCUT2D eigenvalue weighted by molar-refractivity contribution is 1.11. The maximum atomic E-state index is 11.3. The summed E-state index contributed by atoms with van der Waals surface area (Å²) in [5.74, 6) is 0.609. The van der Waals surface area contributed by atoms with Gasteiger partial charge in [-0.3, -0.25) is 4.79 Å². The van der Waals surface area contributed by atoms with E-state index < -0.39 is 0 Å². The molecule has 72 valence electrons.